The van der Waals surface area contributed by atoms with Gasteiger partial charge in [0.1, 0.15) is 0 Å². The van der Waals surface area contributed by atoms with Crippen LogP contribution in [-0.2, 0) is 12.6 Å². The van der Waals surface area contributed by atoms with Gasteiger partial charge in [0.2, 0.25) is 0 Å². The summed E-state index contributed by atoms with van der Waals surface area (Å²) >= 11 is 0. The molecule has 0 radical (unpaired) electrons. The molecule has 23 heavy (non-hydrogen) atoms. The van der Waals surface area contributed by atoms with E-state index in [1.54, 1.807) is 24.3 Å². The van der Waals surface area contributed by atoms with E-state index in [1.165, 1.54) is 12.1 Å². The van der Waals surface area contributed by atoms with Crippen LogP contribution in [0.1, 0.15) is 18.2 Å². The predicted molar refractivity (Wildman–Crippen MR) is 83.9 cm³/mol. The minimum absolute atomic E-state index is 0.0828. The number of benzene rings is 2. The Balaban J connectivity index is 2.27. The number of hydrogen-bond donors (Lipinski definition) is 0. The van der Waals surface area contributed by atoms with Crippen LogP contribution in [0.2, 0.25) is 0 Å². The molecule has 0 spiro atoms. The van der Waals surface area contributed by atoms with Crippen molar-refractivity contribution in [2.75, 3.05) is 0 Å². The van der Waals surface area contributed by atoms with Crippen molar-refractivity contribution in [3.63, 3.8) is 0 Å². The minimum Gasteiger partial charge on any atom is -0.313 e. The molecule has 0 amide bonds. The highest BCUT2D eigenvalue weighted by atomic mass is 19.4. The molecule has 3 rings (SSSR count). The Kier molecular flexibility index (Phi) is 3.72. The van der Waals surface area contributed by atoms with Crippen LogP contribution in [0, 0.1) is 0 Å². The van der Waals surface area contributed by atoms with Crippen molar-refractivity contribution in [3.8, 4) is 5.69 Å². The summed E-state index contributed by atoms with van der Waals surface area (Å²) in [6, 6.07) is 13.6. The minimum atomic E-state index is -4.36. The van der Waals surface area contributed by atoms with E-state index in [-0.39, 0.29) is 5.43 Å². The maximum Gasteiger partial charge on any atom is 0.416 e. The number of nitrogens with zero attached hydrogens (tertiary/aromatic N) is 1. The monoisotopic (exact) mass is 317 g/mol. The van der Waals surface area contributed by atoms with Gasteiger partial charge in [-0.15, -0.1) is 0 Å². The van der Waals surface area contributed by atoms with Gasteiger partial charge in [-0.2, -0.15) is 13.2 Å². The molecule has 3 aromatic rings. The fraction of sp³-hybridized carbons (Fsp3) is 0.167. The van der Waals surface area contributed by atoms with Crippen LogP contribution in [0.3, 0.4) is 0 Å². The third-order valence-corrected chi connectivity index (χ3v) is 3.81. The van der Waals surface area contributed by atoms with Crippen molar-refractivity contribution in [1.82, 2.24) is 4.57 Å². The SMILES string of the molecule is CCc1cc(=O)c2ccccc2n1-c1ccc(C(F)(F)F)cc1. The number of halogens is 3. The van der Waals surface area contributed by atoms with Gasteiger partial charge in [0.25, 0.3) is 0 Å². The highest BCUT2D eigenvalue weighted by Gasteiger charge is 2.30. The van der Waals surface area contributed by atoms with Crippen molar-refractivity contribution in [2.45, 2.75) is 19.5 Å². The van der Waals surface area contributed by atoms with E-state index in [4.69, 9.17) is 0 Å². The molecule has 1 heterocycles. The molecule has 0 aliphatic heterocycles. The molecule has 2 nitrogen and oxygen atoms in total. The normalized spacial score (nSPS) is 11.8. The van der Waals surface area contributed by atoms with Crippen molar-refractivity contribution in [2.24, 2.45) is 0 Å². The van der Waals surface area contributed by atoms with Crippen molar-refractivity contribution in [3.05, 3.63) is 76.1 Å². The number of rotatable bonds is 2. The van der Waals surface area contributed by atoms with Gasteiger partial charge in [-0.05, 0) is 42.8 Å². The van der Waals surface area contributed by atoms with Gasteiger partial charge in [0, 0.05) is 22.8 Å². The van der Waals surface area contributed by atoms with Crippen molar-refractivity contribution in [1.29, 1.82) is 0 Å². The van der Waals surface area contributed by atoms with E-state index in [9.17, 15) is 18.0 Å². The molecule has 2 aromatic carbocycles. The van der Waals surface area contributed by atoms with Gasteiger partial charge in [-0.1, -0.05) is 19.1 Å². The summed E-state index contributed by atoms with van der Waals surface area (Å²) < 4.78 is 40.0. The van der Waals surface area contributed by atoms with Crippen LogP contribution in [-0.4, -0.2) is 4.57 Å². The van der Waals surface area contributed by atoms with Gasteiger partial charge in [-0.3, -0.25) is 4.79 Å². The van der Waals surface area contributed by atoms with E-state index in [0.717, 1.165) is 17.8 Å². The summed E-state index contributed by atoms with van der Waals surface area (Å²) in [6.07, 6.45) is -3.77. The zero-order chi connectivity index (χ0) is 16.6. The maximum atomic E-state index is 12.7. The van der Waals surface area contributed by atoms with E-state index < -0.39 is 11.7 Å². The lowest BCUT2D eigenvalue weighted by Gasteiger charge is -2.17. The zero-order valence-electron chi connectivity index (χ0n) is 12.4. The molecule has 0 fully saturated rings. The lowest BCUT2D eigenvalue weighted by atomic mass is 10.1. The maximum absolute atomic E-state index is 12.7. The van der Waals surface area contributed by atoms with Gasteiger partial charge < -0.3 is 4.57 Å². The Bertz CT molecular complexity index is 908. The average Bonchev–Trinajstić information content (AvgIpc) is 2.54. The fourth-order valence-electron chi connectivity index (χ4n) is 2.69. The van der Waals surface area contributed by atoms with Crippen LogP contribution < -0.4 is 5.43 Å². The molecule has 0 unspecified atom stereocenters. The van der Waals surface area contributed by atoms with E-state index in [0.29, 0.717) is 23.0 Å². The molecule has 118 valence electrons. The Morgan fingerprint density at radius 3 is 2.26 bits per heavy atom. The van der Waals surface area contributed by atoms with Crippen LogP contribution in [0.15, 0.2) is 59.4 Å². The molecular weight excluding hydrogens is 303 g/mol. The van der Waals surface area contributed by atoms with Crippen molar-refractivity contribution < 1.29 is 13.2 Å². The van der Waals surface area contributed by atoms with Gasteiger partial charge in [-0.25, -0.2) is 0 Å². The van der Waals surface area contributed by atoms with Crippen LogP contribution in [0.25, 0.3) is 16.6 Å². The first-order valence-electron chi connectivity index (χ1n) is 7.23. The van der Waals surface area contributed by atoms with Gasteiger partial charge in [0.15, 0.2) is 5.43 Å². The second kappa shape index (κ2) is 5.57. The second-order valence-electron chi connectivity index (χ2n) is 5.25. The molecule has 0 aliphatic carbocycles. The smallest absolute Gasteiger partial charge is 0.313 e. The Labute approximate surface area is 130 Å². The largest absolute Gasteiger partial charge is 0.416 e. The topological polar surface area (TPSA) is 22.0 Å². The molecule has 5 heteroatoms. The molecule has 0 saturated carbocycles. The Hall–Kier alpha value is -2.56. The third kappa shape index (κ3) is 2.74. The number of pyridine rings is 1. The number of hydrogen-bond acceptors (Lipinski definition) is 1. The standard InChI is InChI=1S/C18H14F3NO/c1-2-13-11-17(23)15-5-3-4-6-16(15)22(13)14-9-7-12(8-10-14)18(19,20)21/h3-11H,2H2,1H3. The number of para-hydroxylation sites is 1. The first kappa shape index (κ1) is 15.3. The Morgan fingerprint density at radius 2 is 1.65 bits per heavy atom. The first-order valence-corrected chi connectivity index (χ1v) is 7.23. The van der Waals surface area contributed by atoms with Crippen LogP contribution in [0.5, 0.6) is 0 Å². The van der Waals surface area contributed by atoms with E-state index in [2.05, 4.69) is 0 Å². The summed E-state index contributed by atoms with van der Waals surface area (Å²) in [5, 5.41) is 0.546. The molecule has 1 aromatic heterocycles. The lowest BCUT2D eigenvalue weighted by Crippen LogP contribution is -2.13. The summed E-state index contributed by atoms with van der Waals surface area (Å²) in [4.78, 5) is 12.2. The third-order valence-electron chi connectivity index (χ3n) is 3.81. The fourth-order valence-corrected chi connectivity index (χ4v) is 2.69. The molecule has 0 atom stereocenters. The molecular formula is C18H14F3NO. The highest BCUT2D eigenvalue weighted by Crippen LogP contribution is 2.30. The molecule has 0 bridgehead atoms. The van der Waals surface area contributed by atoms with Crippen LogP contribution in [0.4, 0.5) is 13.2 Å². The van der Waals surface area contributed by atoms with Gasteiger partial charge >= 0.3 is 6.18 Å². The second-order valence-corrected chi connectivity index (χ2v) is 5.25. The van der Waals surface area contributed by atoms with E-state index >= 15 is 0 Å². The first-order chi connectivity index (χ1) is 10.9. The predicted octanol–water partition coefficient (Wildman–Crippen LogP) is 4.57. The lowest BCUT2D eigenvalue weighted by molar-refractivity contribution is -0.137. The molecule has 0 N–H and O–H groups in total. The summed E-state index contributed by atoms with van der Waals surface area (Å²) in [5.41, 5.74) is 1.28. The van der Waals surface area contributed by atoms with Crippen molar-refractivity contribution >= 4 is 10.9 Å². The average molecular weight is 317 g/mol. The molecule has 0 aliphatic rings. The number of aromatic nitrogens is 1. The van der Waals surface area contributed by atoms with Gasteiger partial charge in [0.05, 0.1) is 11.1 Å². The number of aryl methyl sites for hydroxylation is 1. The number of fused-ring (bicyclic) bond motifs is 1. The van der Waals surface area contributed by atoms with E-state index in [1.807, 2.05) is 17.6 Å². The number of alkyl halides is 3. The Morgan fingerprint density at radius 1 is 1.00 bits per heavy atom. The quantitative estimate of drug-likeness (QED) is 0.678. The van der Waals surface area contributed by atoms with Crippen LogP contribution >= 0.6 is 0 Å². The summed E-state index contributed by atoms with van der Waals surface area (Å²) in [5.74, 6) is 0. The highest BCUT2D eigenvalue weighted by molar-refractivity contribution is 5.81. The molecule has 0 saturated heterocycles. The summed E-state index contributed by atoms with van der Waals surface area (Å²) in [7, 11) is 0. The summed E-state index contributed by atoms with van der Waals surface area (Å²) in [6.45, 7) is 1.91. The zero-order valence-corrected chi connectivity index (χ0v) is 12.4.